The number of benzene rings is 2. The van der Waals surface area contributed by atoms with Gasteiger partial charge in [0, 0.05) is 12.1 Å². The molecule has 1 amide bonds. The Labute approximate surface area is 210 Å². The minimum absolute atomic E-state index is 0.0573. The Balaban J connectivity index is 1.64. The van der Waals surface area contributed by atoms with Gasteiger partial charge in [0.25, 0.3) is 15.7 Å². The van der Waals surface area contributed by atoms with Gasteiger partial charge in [0.1, 0.15) is 11.6 Å². The van der Waals surface area contributed by atoms with Gasteiger partial charge in [-0.3, -0.25) is 19.2 Å². The van der Waals surface area contributed by atoms with Gasteiger partial charge in [-0.15, -0.1) is 0 Å². The van der Waals surface area contributed by atoms with E-state index >= 15 is 0 Å². The number of hydrogen-bond donors (Lipinski definition) is 1. The van der Waals surface area contributed by atoms with Crippen molar-refractivity contribution in [2.45, 2.75) is 57.4 Å². The van der Waals surface area contributed by atoms with Gasteiger partial charge < -0.3 is 5.32 Å². The molecule has 4 rings (SSSR count). The summed E-state index contributed by atoms with van der Waals surface area (Å²) in [6.45, 7) is 5.21. The third-order valence-electron chi connectivity index (χ3n) is 7.43. The first-order valence-electron chi connectivity index (χ1n) is 11.8. The molecule has 2 bridgehead atoms. The van der Waals surface area contributed by atoms with E-state index in [1.165, 1.54) is 31.4 Å². The molecule has 0 spiro atoms. The van der Waals surface area contributed by atoms with E-state index in [1.807, 2.05) is 19.9 Å². The van der Waals surface area contributed by atoms with E-state index in [4.69, 9.17) is 11.6 Å². The van der Waals surface area contributed by atoms with Gasteiger partial charge in [0.2, 0.25) is 5.91 Å². The Bertz CT molecular complexity index is 1270. The molecule has 35 heavy (non-hydrogen) atoms. The Morgan fingerprint density at radius 3 is 2.54 bits per heavy atom. The lowest BCUT2D eigenvalue weighted by Crippen LogP contribution is -2.46. The van der Waals surface area contributed by atoms with Crippen molar-refractivity contribution >= 4 is 38.9 Å². The fourth-order valence-corrected chi connectivity index (χ4v) is 7.44. The molecule has 2 aromatic carbocycles. The molecule has 0 aromatic heterocycles. The van der Waals surface area contributed by atoms with Crippen LogP contribution in [0.1, 0.15) is 43.7 Å². The highest BCUT2D eigenvalue weighted by molar-refractivity contribution is 7.92. The maximum absolute atomic E-state index is 13.7. The third-order valence-corrected chi connectivity index (χ3v) is 9.51. The number of nitrogens with zero attached hydrogens (tertiary/aromatic N) is 2. The van der Waals surface area contributed by atoms with Gasteiger partial charge in [0.05, 0.1) is 15.5 Å². The zero-order valence-corrected chi connectivity index (χ0v) is 21.6. The molecule has 188 valence electrons. The van der Waals surface area contributed by atoms with Crippen molar-refractivity contribution in [3.8, 4) is 0 Å². The summed E-state index contributed by atoms with van der Waals surface area (Å²) in [6, 6.07) is 8.53. The first-order valence-corrected chi connectivity index (χ1v) is 13.6. The molecule has 4 unspecified atom stereocenters. The number of aryl methyl sites for hydroxylation is 2. The van der Waals surface area contributed by atoms with E-state index in [2.05, 4.69) is 5.32 Å². The summed E-state index contributed by atoms with van der Waals surface area (Å²) < 4.78 is 28.5. The molecule has 10 heteroatoms. The number of nitrogens with one attached hydrogen (secondary N) is 1. The van der Waals surface area contributed by atoms with E-state index < -0.39 is 33.1 Å². The van der Waals surface area contributed by atoms with Crippen LogP contribution in [0, 0.1) is 41.7 Å². The monoisotopic (exact) mass is 519 g/mol. The molecule has 2 aliphatic carbocycles. The lowest BCUT2D eigenvalue weighted by molar-refractivity contribution is -0.384. The van der Waals surface area contributed by atoms with Crippen LogP contribution in [0.4, 0.5) is 11.4 Å². The number of carbonyl (C=O) groups is 1. The second-order valence-corrected chi connectivity index (χ2v) is 12.1. The van der Waals surface area contributed by atoms with E-state index in [0.29, 0.717) is 23.1 Å². The van der Waals surface area contributed by atoms with Crippen LogP contribution < -0.4 is 9.62 Å². The zero-order valence-electron chi connectivity index (χ0n) is 20.0. The summed E-state index contributed by atoms with van der Waals surface area (Å²) in [4.78, 5) is 23.5. The number of rotatable bonds is 8. The summed E-state index contributed by atoms with van der Waals surface area (Å²) in [7, 11) is -4.31. The predicted molar refractivity (Wildman–Crippen MR) is 135 cm³/mol. The van der Waals surface area contributed by atoms with Gasteiger partial charge in [-0.1, -0.05) is 35.7 Å². The van der Waals surface area contributed by atoms with Crippen molar-refractivity contribution in [3.05, 3.63) is 62.7 Å². The summed E-state index contributed by atoms with van der Waals surface area (Å²) in [5.74, 6) is 1.34. The van der Waals surface area contributed by atoms with Crippen LogP contribution in [0.25, 0.3) is 0 Å². The summed E-state index contributed by atoms with van der Waals surface area (Å²) >= 11 is 5.90. The molecule has 2 fully saturated rings. The molecule has 0 saturated heterocycles. The molecule has 4 atom stereocenters. The minimum atomic E-state index is -4.31. The first-order chi connectivity index (χ1) is 16.5. The summed E-state index contributed by atoms with van der Waals surface area (Å²) in [6.07, 6.45) is 4.75. The fraction of sp³-hybridized carbons (Fsp3) is 0.480. The molecule has 0 radical (unpaired) electrons. The normalized spacial score (nSPS) is 22.1. The highest BCUT2D eigenvalue weighted by Gasteiger charge is 2.42. The minimum Gasteiger partial charge on any atom is -0.352 e. The van der Waals surface area contributed by atoms with Crippen LogP contribution in [0.5, 0.6) is 0 Å². The SMILES string of the molecule is Cc1ccc(N(CC(=O)NC(C)C2CC3CCC2C3)S(=O)(=O)c2ccc(Cl)c([N+](=O)[O-])c2)c(C)c1. The van der Waals surface area contributed by atoms with Crippen molar-refractivity contribution < 1.29 is 18.1 Å². The molecule has 1 N–H and O–H groups in total. The molecule has 2 aliphatic rings. The summed E-state index contributed by atoms with van der Waals surface area (Å²) in [5.41, 5.74) is 1.45. The highest BCUT2D eigenvalue weighted by Crippen LogP contribution is 2.49. The van der Waals surface area contributed by atoms with Crippen molar-refractivity contribution in [2.24, 2.45) is 17.8 Å². The number of halogens is 1. The maximum atomic E-state index is 13.7. The number of nitro benzene ring substituents is 1. The Morgan fingerprint density at radius 2 is 1.94 bits per heavy atom. The second-order valence-electron chi connectivity index (χ2n) is 9.87. The topological polar surface area (TPSA) is 110 Å². The molecule has 2 saturated carbocycles. The van der Waals surface area contributed by atoms with Crippen molar-refractivity contribution in [3.63, 3.8) is 0 Å². The van der Waals surface area contributed by atoms with Gasteiger partial charge in [-0.2, -0.15) is 0 Å². The molecule has 0 heterocycles. The van der Waals surface area contributed by atoms with E-state index in [0.717, 1.165) is 28.3 Å². The number of amides is 1. The van der Waals surface area contributed by atoms with Gasteiger partial charge >= 0.3 is 0 Å². The number of nitro groups is 1. The molecule has 0 aliphatic heterocycles. The smallest absolute Gasteiger partial charge is 0.289 e. The third kappa shape index (κ3) is 5.16. The van der Waals surface area contributed by atoms with E-state index in [9.17, 15) is 23.3 Å². The largest absolute Gasteiger partial charge is 0.352 e. The fourth-order valence-electron chi connectivity index (χ4n) is 5.75. The number of carbonyl (C=O) groups excluding carboxylic acids is 1. The molecular weight excluding hydrogens is 490 g/mol. The van der Waals surface area contributed by atoms with Crippen LogP contribution in [-0.2, 0) is 14.8 Å². The van der Waals surface area contributed by atoms with Crippen LogP contribution >= 0.6 is 11.6 Å². The van der Waals surface area contributed by atoms with Crippen LogP contribution in [-0.4, -0.2) is 31.8 Å². The average Bonchev–Trinajstić information content (AvgIpc) is 3.42. The average molecular weight is 520 g/mol. The highest BCUT2D eigenvalue weighted by atomic mass is 35.5. The van der Waals surface area contributed by atoms with Crippen LogP contribution in [0.2, 0.25) is 5.02 Å². The van der Waals surface area contributed by atoms with Crippen molar-refractivity contribution in [2.75, 3.05) is 10.8 Å². The van der Waals surface area contributed by atoms with Crippen LogP contribution in [0.15, 0.2) is 41.3 Å². The van der Waals surface area contributed by atoms with Gasteiger partial charge in [0.15, 0.2) is 0 Å². The Kier molecular flexibility index (Phi) is 7.11. The summed E-state index contributed by atoms with van der Waals surface area (Å²) in [5, 5.41) is 14.2. The first kappa shape index (κ1) is 25.4. The van der Waals surface area contributed by atoms with Gasteiger partial charge in [-0.25, -0.2) is 8.42 Å². The number of fused-ring (bicyclic) bond motifs is 2. The van der Waals surface area contributed by atoms with Gasteiger partial charge in [-0.05, 0) is 81.5 Å². The molecule has 8 nitrogen and oxygen atoms in total. The van der Waals surface area contributed by atoms with Crippen molar-refractivity contribution in [1.29, 1.82) is 0 Å². The van der Waals surface area contributed by atoms with E-state index in [1.54, 1.807) is 19.1 Å². The lowest BCUT2D eigenvalue weighted by atomic mass is 9.84. The quantitative estimate of drug-likeness (QED) is 0.390. The lowest BCUT2D eigenvalue weighted by Gasteiger charge is -2.30. The maximum Gasteiger partial charge on any atom is 0.289 e. The predicted octanol–water partition coefficient (Wildman–Crippen LogP) is 5.00. The van der Waals surface area contributed by atoms with E-state index in [-0.39, 0.29) is 16.0 Å². The molecular formula is C25H30ClN3O5S. The van der Waals surface area contributed by atoms with Crippen LogP contribution in [0.3, 0.4) is 0 Å². The Hall–Kier alpha value is -2.65. The zero-order chi connectivity index (χ0) is 25.5. The Morgan fingerprint density at radius 1 is 1.20 bits per heavy atom. The second kappa shape index (κ2) is 9.78. The molecule has 2 aromatic rings. The number of sulfonamides is 1. The number of hydrogen-bond acceptors (Lipinski definition) is 5. The number of anilines is 1. The van der Waals surface area contributed by atoms with Crippen molar-refractivity contribution in [1.82, 2.24) is 5.32 Å². The standard InChI is InChI=1S/C25H30ClN3O5S/c1-15-4-9-23(16(2)10-15)28(35(33,34)20-7-8-22(26)24(13-20)29(31)32)14-25(30)27-17(3)21-12-18-5-6-19(21)11-18/h4,7-10,13,17-19,21H,5-6,11-12,14H2,1-3H3,(H,27,30).